The van der Waals surface area contributed by atoms with Crippen LogP contribution in [0.1, 0.15) is 19.5 Å². The number of hydrogen-bond acceptors (Lipinski definition) is 4. The van der Waals surface area contributed by atoms with E-state index in [0.717, 1.165) is 24.5 Å². The van der Waals surface area contributed by atoms with E-state index in [4.69, 9.17) is 4.74 Å². The molecule has 0 unspecified atom stereocenters. The van der Waals surface area contributed by atoms with Gasteiger partial charge in [-0.2, -0.15) is 0 Å². The summed E-state index contributed by atoms with van der Waals surface area (Å²) in [5, 5.41) is 11.6. The summed E-state index contributed by atoms with van der Waals surface area (Å²) in [6.45, 7) is 7.40. The molecule has 1 aromatic carbocycles. The van der Waals surface area contributed by atoms with E-state index in [0.29, 0.717) is 19.1 Å². The third-order valence-electron chi connectivity index (χ3n) is 2.83. The van der Waals surface area contributed by atoms with E-state index in [2.05, 4.69) is 52.1 Å². The van der Waals surface area contributed by atoms with Gasteiger partial charge in [-0.15, -0.1) is 5.10 Å². The molecule has 114 valence electrons. The van der Waals surface area contributed by atoms with Crippen LogP contribution in [0.4, 0.5) is 0 Å². The van der Waals surface area contributed by atoms with Crippen LogP contribution in [0.3, 0.4) is 0 Å². The van der Waals surface area contributed by atoms with Gasteiger partial charge in [-0.25, -0.2) is 4.68 Å². The van der Waals surface area contributed by atoms with Crippen molar-refractivity contribution in [1.82, 2.24) is 20.3 Å². The SMILES string of the molecule is CC(C)CNCc1cn(CCOc2cccc(I)c2)nn1. The van der Waals surface area contributed by atoms with Crippen LogP contribution >= 0.6 is 22.6 Å². The first-order valence-electron chi connectivity index (χ1n) is 7.11. The van der Waals surface area contributed by atoms with Crippen LogP contribution < -0.4 is 10.1 Å². The number of halogens is 1. The Balaban J connectivity index is 1.72. The second kappa shape index (κ2) is 8.33. The van der Waals surface area contributed by atoms with Crippen LogP contribution in [-0.2, 0) is 13.1 Å². The first-order valence-corrected chi connectivity index (χ1v) is 8.19. The minimum Gasteiger partial charge on any atom is -0.492 e. The lowest BCUT2D eigenvalue weighted by Crippen LogP contribution is -2.19. The van der Waals surface area contributed by atoms with E-state index < -0.39 is 0 Å². The fourth-order valence-corrected chi connectivity index (χ4v) is 2.35. The van der Waals surface area contributed by atoms with E-state index in [1.807, 2.05) is 35.1 Å². The molecule has 5 nitrogen and oxygen atoms in total. The van der Waals surface area contributed by atoms with Crippen LogP contribution in [-0.4, -0.2) is 28.1 Å². The van der Waals surface area contributed by atoms with Gasteiger partial charge in [0, 0.05) is 16.3 Å². The van der Waals surface area contributed by atoms with Crippen molar-refractivity contribution in [1.29, 1.82) is 0 Å². The Labute approximate surface area is 139 Å². The molecule has 0 spiro atoms. The minimum atomic E-state index is 0.586. The molecule has 0 fully saturated rings. The quantitative estimate of drug-likeness (QED) is 0.693. The van der Waals surface area contributed by atoms with Gasteiger partial charge < -0.3 is 10.1 Å². The highest BCUT2D eigenvalue weighted by atomic mass is 127. The van der Waals surface area contributed by atoms with Gasteiger partial charge in [0.05, 0.1) is 12.2 Å². The average Bonchev–Trinajstić information content (AvgIpc) is 2.86. The Kier molecular flexibility index (Phi) is 6.44. The number of benzene rings is 1. The molecule has 0 radical (unpaired) electrons. The van der Waals surface area contributed by atoms with Crippen molar-refractivity contribution >= 4 is 22.6 Å². The molecule has 0 aliphatic rings. The van der Waals surface area contributed by atoms with Gasteiger partial charge in [-0.1, -0.05) is 25.1 Å². The second-order valence-corrected chi connectivity index (χ2v) is 6.55. The second-order valence-electron chi connectivity index (χ2n) is 5.30. The summed E-state index contributed by atoms with van der Waals surface area (Å²) in [6, 6.07) is 8.01. The summed E-state index contributed by atoms with van der Waals surface area (Å²) >= 11 is 2.27. The largest absolute Gasteiger partial charge is 0.492 e. The molecule has 0 saturated carbocycles. The molecular formula is C15H21IN4O. The maximum absolute atomic E-state index is 5.70. The summed E-state index contributed by atoms with van der Waals surface area (Å²) in [7, 11) is 0. The maximum Gasteiger partial charge on any atom is 0.120 e. The highest BCUT2D eigenvalue weighted by Gasteiger charge is 2.02. The summed E-state index contributed by atoms with van der Waals surface area (Å²) in [5.41, 5.74) is 0.963. The lowest BCUT2D eigenvalue weighted by molar-refractivity contribution is 0.289. The molecule has 2 rings (SSSR count). The molecule has 1 heterocycles. The number of ether oxygens (including phenoxy) is 1. The number of aromatic nitrogens is 3. The zero-order valence-electron chi connectivity index (χ0n) is 12.4. The lowest BCUT2D eigenvalue weighted by atomic mass is 10.2. The summed E-state index contributed by atoms with van der Waals surface area (Å²) in [6.07, 6.45) is 1.96. The van der Waals surface area contributed by atoms with Crippen molar-refractivity contribution in [2.75, 3.05) is 13.2 Å². The predicted octanol–water partition coefficient (Wildman–Crippen LogP) is 2.71. The lowest BCUT2D eigenvalue weighted by Gasteiger charge is -2.06. The molecule has 1 N–H and O–H groups in total. The van der Waals surface area contributed by atoms with Crippen LogP contribution in [0, 0.1) is 9.49 Å². The predicted molar refractivity (Wildman–Crippen MR) is 91.2 cm³/mol. The van der Waals surface area contributed by atoms with E-state index >= 15 is 0 Å². The van der Waals surface area contributed by atoms with Crippen molar-refractivity contribution in [3.63, 3.8) is 0 Å². The van der Waals surface area contributed by atoms with E-state index in [1.54, 1.807) is 0 Å². The zero-order valence-corrected chi connectivity index (χ0v) is 14.6. The summed E-state index contributed by atoms with van der Waals surface area (Å²) in [5.74, 6) is 1.53. The number of nitrogens with one attached hydrogen (secondary N) is 1. The molecule has 0 aliphatic carbocycles. The Morgan fingerprint density at radius 3 is 3.00 bits per heavy atom. The molecular weight excluding hydrogens is 379 g/mol. The van der Waals surface area contributed by atoms with Gasteiger partial charge in [-0.05, 0) is 53.3 Å². The first-order chi connectivity index (χ1) is 10.1. The third kappa shape index (κ3) is 6.01. The van der Waals surface area contributed by atoms with Gasteiger partial charge >= 0.3 is 0 Å². The van der Waals surface area contributed by atoms with E-state index in [1.165, 1.54) is 3.57 Å². The number of nitrogens with zero attached hydrogens (tertiary/aromatic N) is 3. The fourth-order valence-electron chi connectivity index (χ4n) is 1.83. The van der Waals surface area contributed by atoms with Crippen LogP contribution in [0.5, 0.6) is 5.75 Å². The Bertz CT molecular complexity index is 556. The fraction of sp³-hybridized carbons (Fsp3) is 0.467. The van der Waals surface area contributed by atoms with Gasteiger partial charge in [0.15, 0.2) is 0 Å². The van der Waals surface area contributed by atoms with Crippen LogP contribution in [0.15, 0.2) is 30.5 Å². The van der Waals surface area contributed by atoms with Crippen molar-refractivity contribution in [3.8, 4) is 5.75 Å². The number of hydrogen-bond donors (Lipinski definition) is 1. The molecule has 0 aliphatic heterocycles. The molecule has 6 heteroatoms. The zero-order chi connectivity index (χ0) is 15.1. The molecule has 0 bridgehead atoms. The average molecular weight is 400 g/mol. The molecule has 2 aromatic rings. The molecule has 1 aromatic heterocycles. The topological polar surface area (TPSA) is 52.0 Å². The molecule has 0 saturated heterocycles. The standard InChI is InChI=1S/C15H21IN4O/c1-12(2)9-17-10-14-11-20(19-18-14)6-7-21-15-5-3-4-13(16)8-15/h3-5,8,11-12,17H,6-7,9-10H2,1-2H3. The van der Waals surface area contributed by atoms with Gasteiger partial charge in [-0.3, -0.25) is 0 Å². The van der Waals surface area contributed by atoms with Crippen molar-refractivity contribution in [2.24, 2.45) is 5.92 Å². The molecule has 0 atom stereocenters. The van der Waals surface area contributed by atoms with Crippen LogP contribution in [0.2, 0.25) is 0 Å². The Morgan fingerprint density at radius 1 is 1.38 bits per heavy atom. The third-order valence-corrected chi connectivity index (χ3v) is 3.50. The Hall–Kier alpha value is -1.15. The van der Waals surface area contributed by atoms with Crippen molar-refractivity contribution in [2.45, 2.75) is 26.9 Å². The maximum atomic E-state index is 5.70. The minimum absolute atomic E-state index is 0.586. The number of rotatable bonds is 8. The monoisotopic (exact) mass is 400 g/mol. The molecule has 21 heavy (non-hydrogen) atoms. The Morgan fingerprint density at radius 2 is 2.24 bits per heavy atom. The smallest absolute Gasteiger partial charge is 0.120 e. The van der Waals surface area contributed by atoms with E-state index in [-0.39, 0.29) is 0 Å². The summed E-state index contributed by atoms with van der Waals surface area (Å²) in [4.78, 5) is 0. The van der Waals surface area contributed by atoms with Gasteiger partial charge in [0.1, 0.15) is 12.4 Å². The summed E-state index contributed by atoms with van der Waals surface area (Å²) < 4.78 is 8.69. The highest BCUT2D eigenvalue weighted by molar-refractivity contribution is 14.1. The van der Waals surface area contributed by atoms with Crippen molar-refractivity contribution < 1.29 is 4.74 Å². The van der Waals surface area contributed by atoms with Crippen molar-refractivity contribution in [3.05, 3.63) is 39.7 Å². The highest BCUT2D eigenvalue weighted by Crippen LogP contribution is 2.14. The van der Waals surface area contributed by atoms with Gasteiger partial charge in [0.2, 0.25) is 0 Å². The normalized spacial score (nSPS) is 11.0. The van der Waals surface area contributed by atoms with Gasteiger partial charge in [0.25, 0.3) is 0 Å². The van der Waals surface area contributed by atoms with Crippen LogP contribution in [0.25, 0.3) is 0 Å². The molecule has 0 amide bonds. The first kappa shape index (κ1) is 16.2. The van der Waals surface area contributed by atoms with E-state index in [9.17, 15) is 0 Å².